The monoisotopic (exact) mass is 675 g/mol. The third-order valence-electron chi connectivity index (χ3n) is 9.60. The summed E-state index contributed by atoms with van der Waals surface area (Å²) < 4.78 is 5.97. The summed E-state index contributed by atoms with van der Waals surface area (Å²) in [5.74, 6) is 0.575. The number of carboxylic acid groups (broad SMARTS) is 1. The highest BCUT2D eigenvalue weighted by Gasteiger charge is 2.33. The van der Waals surface area contributed by atoms with E-state index in [1.807, 2.05) is 60.7 Å². The van der Waals surface area contributed by atoms with E-state index in [1.54, 1.807) is 6.20 Å². The van der Waals surface area contributed by atoms with E-state index < -0.39 is 42.1 Å². The van der Waals surface area contributed by atoms with Crippen molar-refractivity contribution >= 4 is 17.9 Å². The number of ether oxygens (including phenoxy) is 1. The van der Waals surface area contributed by atoms with Gasteiger partial charge in [0, 0.05) is 24.7 Å². The fourth-order valence-corrected chi connectivity index (χ4v) is 6.73. The fraction of sp³-hybridized carbons (Fsp3) is 0.526. The van der Waals surface area contributed by atoms with E-state index in [0.29, 0.717) is 31.1 Å². The minimum atomic E-state index is -1.34. The molecule has 0 bridgehead atoms. The molecule has 0 radical (unpaired) electrons. The average Bonchev–Trinajstić information content (AvgIpc) is 3.61. The van der Waals surface area contributed by atoms with Crippen LogP contribution in [0.15, 0.2) is 73.2 Å². The van der Waals surface area contributed by atoms with Crippen molar-refractivity contribution in [1.82, 2.24) is 25.9 Å². The Labute approximate surface area is 289 Å². The molecule has 0 saturated heterocycles. The third-order valence-corrected chi connectivity index (χ3v) is 9.60. The Bertz CT molecular complexity index is 1400. The molecule has 266 valence electrons. The highest BCUT2D eigenvalue weighted by atomic mass is 16.5. The number of aliphatic hydroxyl groups excluding tert-OH is 1. The molecule has 1 aliphatic carbocycles. The van der Waals surface area contributed by atoms with Gasteiger partial charge in [0.05, 0.1) is 25.1 Å². The van der Waals surface area contributed by atoms with Gasteiger partial charge in [0.15, 0.2) is 0 Å². The Morgan fingerprint density at radius 2 is 1.55 bits per heavy atom. The Kier molecular flexibility index (Phi) is 15.0. The molecule has 1 aliphatic rings. The third kappa shape index (κ3) is 12.9. The molecule has 1 unspecified atom stereocenters. The number of para-hydroxylation sites is 1. The number of hydrogen-bond donors (Lipinski definition) is 6. The van der Waals surface area contributed by atoms with Crippen molar-refractivity contribution in [3.8, 4) is 5.75 Å². The molecule has 1 fully saturated rings. The lowest BCUT2D eigenvalue weighted by atomic mass is 9.80. The van der Waals surface area contributed by atoms with Gasteiger partial charge in [-0.2, -0.15) is 0 Å². The van der Waals surface area contributed by atoms with Gasteiger partial charge in [0.1, 0.15) is 17.8 Å². The van der Waals surface area contributed by atoms with E-state index in [0.717, 1.165) is 43.4 Å². The SMILES string of the molecule is CC(C)[C@@H](CCOc1ccccc1)C[C@H](O)[C@H](CC1CCCCC1)NC(=O)C(Cc1cnc[nH]1)NC(=O)[C@H](Cc1ccccc1)NC(=O)O. The van der Waals surface area contributed by atoms with E-state index in [2.05, 4.69) is 39.8 Å². The zero-order chi connectivity index (χ0) is 35.0. The molecule has 3 amide bonds. The minimum absolute atomic E-state index is 0.111. The van der Waals surface area contributed by atoms with Gasteiger partial charge < -0.3 is 35.9 Å². The van der Waals surface area contributed by atoms with Crippen LogP contribution in [0.4, 0.5) is 4.79 Å². The zero-order valence-corrected chi connectivity index (χ0v) is 28.7. The maximum absolute atomic E-state index is 14.1. The highest BCUT2D eigenvalue weighted by Crippen LogP contribution is 2.30. The van der Waals surface area contributed by atoms with Gasteiger partial charge in [-0.25, -0.2) is 9.78 Å². The lowest BCUT2D eigenvalue weighted by Gasteiger charge is -2.34. The second kappa shape index (κ2) is 19.6. The van der Waals surface area contributed by atoms with Crippen molar-refractivity contribution in [2.24, 2.45) is 17.8 Å². The molecule has 49 heavy (non-hydrogen) atoms. The van der Waals surface area contributed by atoms with Gasteiger partial charge in [-0.15, -0.1) is 0 Å². The summed E-state index contributed by atoms with van der Waals surface area (Å²) in [6.07, 6.45) is 8.61. The van der Waals surface area contributed by atoms with E-state index >= 15 is 0 Å². The highest BCUT2D eigenvalue weighted by molar-refractivity contribution is 5.91. The van der Waals surface area contributed by atoms with Crippen LogP contribution in [0.25, 0.3) is 0 Å². The van der Waals surface area contributed by atoms with Crippen molar-refractivity contribution < 1.29 is 29.3 Å². The molecule has 0 aliphatic heterocycles. The van der Waals surface area contributed by atoms with Crippen LogP contribution >= 0.6 is 0 Å². The number of aromatic nitrogens is 2. The van der Waals surface area contributed by atoms with Crippen molar-refractivity contribution in [3.05, 3.63) is 84.4 Å². The summed E-state index contributed by atoms with van der Waals surface area (Å²) in [5.41, 5.74) is 1.41. The van der Waals surface area contributed by atoms with Gasteiger partial charge in [0.2, 0.25) is 11.8 Å². The second-order valence-electron chi connectivity index (χ2n) is 13.6. The largest absolute Gasteiger partial charge is 0.494 e. The predicted octanol–water partition coefficient (Wildman–Crippen LogP) is 5.26. The van der Waals surface area contributed by atoms with Crippen LogP contribution in [-0.2, 0) is 22.4 Å². The summed E-state index contributed by atoms with van der Waals surface area (Å²) in [6, 6.07) is 16.1. The number of rotatable bonds is 19. The molecule has 1 saturated carbocycles. The molecule has 2 aromatic carbocycles. The van der Waals surface area contributed by atoms with E-state index in [9.17, 15) is 24.6 Å². The number of hydrogen-bond acceptors (Lipinski definition) is 6. The molecule has 6 N–H and O–H groups in total. The number of aliphatic hydroxyl groups is 1. The van der Waals surface area contributed by atoms with Gasteiger partial charge in [-0.3, -0.25) is 9.59 Å². The maximum Gasteiger partial charge on any atom is 0.405 e. The molecule has 4 rings (SSSR count). The van der Waals surface area contributed by atoms with Crippen molar-refractivity contribution in [1.29, 1.82) is 0 Å². The summed E-state index contributed by atoms with van der Waals surface area (Å²) >= 11 is 0. The van der Waals surface area contributed by atoms with E-state index in [4.69, 9.17) is 4.74 Å². The smallest absolute Gasteiger partial charge is 0.405 e. The lowest BCUT2D eigenvalue weighted by Crippen LogP contribution is -2.57. The Morgan fingerprint density at radius 1 is 0.898 bits per heavy atom. The standard InChI is InChI=1S/C38H53N5O6/c1-26(2)29(18-19-49-31-16-10-5-11-17-31)22-35(44)32(20-27-12-6-3-7-13-27)41-37(46)34(23-30-24-39-25-40-30)42-36(45)33(43-38(47)48)21-28-14-8-4-9-15-28/h4-5,8-11,14-17,24-27,29,32-35,43-44H,3,6-7,12-13,18-23H2,1-2H3,(H,39,40)(H,41,46)(H,42,45)(H,47,48)/t29-,32-,33-,34?,35-/m0/s1. The van der Waals surface area contributed by atoms with Gasteiger partial charge in [0.25, 0.3) is 0 Å². The number of carbonyl (C=O) groups excluding carboxylic acids is 2. The van der Waals surface area contributed by atoms with Crippen LogP contribution in [-0.4, -0.2) is 68.9 Å². The molecular weight excluding hydrogens is 622 g/mol. The fourth-order valence-electron chi connectivity index (χ4n) is 6.73. The van der Waals surface area contributed by atoms with E-state index in [-0.39, 0.29) is 24.7 Å². The van der Waals surface area contributed by atoms with Crippen molar-refractivity contribution in [2.75, 3.05) is 6.61 Å². The van der Waals surface area contributed by atoms with Gasteiger partial charge in [-0.05, 0) is 54.7 Å². The van der Waals surface area contributed by atoms with Crippen LogP contribution < -0.4 is 20.7 Å². The Morgan fingerprint density at radius 3 is 2.18 bits per heavy atom. The summed E-state index contributed by atoms with van der Waals surface area (Å²) in [7, 11) is 0. The molecule has 3 aromatic rings. The summed E-state index contributed by atoms with van der Waals surface area (Å²) in [4.78, 5) is 46.4. The van der Waals surface area contributed by atoms with Crippen molar-refractivity contribution in [2.45, 2.75) is 102 Å². The number of carbonyl (C=O) groups is 3. The minimum Gasteiger partial charge on any atom is -0.494 e. The molecule has 11 heteroatoms. The molecule has 11 nitrogen and oxygen atoms in total. The first-order chi connectivity index (χ1) is 23.7. The Balaban J connectivity index is 1.49. The van der Waals surface area contributed by atoms with Crippen LogP contribution in [0.3, 0.4) is 0 Å². The molecule has 1 aromatic heterocycles. The van der Waals surface area contributed by atoms with Gasteiger partial charge >= 0.3 is 6.09 Å². The number of aromatic amines is 1. The molecule has 1 heterocycles. The first-order valence-electron chi connectivity index (χ1n) is 17.6. The predicted molar refractivity (Wildman–Crippen MR) is 188 cm³/mol. The number of amides is 3. The topological polar surface area (TPSA) is 166 Å². The van der Waals surface area contributed by atoms with Crippen LogP contribution in [0.1, 0.15) is 76.5 Å². The van der Waals surface area contributed by atoms with Gasteiger partial charge in [-0.1, -0.05) is 94.5 Å². The summed E-state index contributed by atoms with van der Waals surface area (Å²) in [5, 5.41) is 29.5. The van der Waals surface area contributed by atoms with Crippen LogP contribution in [0, 0.1) is 17.8 Å². The normalized spacial score (nSPS) is 16.6. The lowest BCUT2D eigenvalue weighted by molar-refractivity contribution is -0.131. The van der Waals surface area contributed by atoms with Crippen LogP contribution in [0.2, 0.25) is 0 Å². The first-order valence-corrected chi connectivity index (χ1v) is 17.6. The number of nitrogens with zero attached hydrogens (tertiary/aromatic N) is 1. The van der Waals surface area contributed by atoms with Crippen LogP contribution in [0.5, 0.6) is 5.75 Å². The number of benzene rings is 2. The van der Waals surface area contributed by atoms with Crippen molar-refractivity contribution in [3.63, 3.8) is 0 Å². The zero-order valence-electron chi connectivity index (χ0n) is 28.7. The number of H-pyrrole nitrogens is 1. The molecular formula is C38H53N5O6. The Hall–Kier alpha value is -4.38. The number of nitrogens with one attached hydrogen (secondary N) is 4. The second-order valence-corrected chi connectivity index (χ2v) is 13.6. The molecule has 5 atom stereocenters. The molecule has 0 spiro atoms. The van der Waals surface area contributed by atoms with E-state index in [1.165, 1.54) is 12.7 Å². The number of imidazole rings is 1. The maximum atomic E-state index is 14.1. The first kappa shape index (κ1) is 37.4. The summed E-state index contributed by atoms with van der Waals surface area (Å²) in [6.45, 7) is 4.80. The average molecular weight is 676 g/mol. The quantitative estimate of drug-likeness (QED) is 0.101.